The van der Waals surface area contributed by atoms with Crippen LogP contribution in [0.25, 0.3) is 0 Å². The lowest BCUT2D eigenvalue weighted by Gasteiger charge is -2.43. The first-order valence-corrected chi connectivity index (χ1v) is 8.63. The summed E-state index contributed by atoms with van der Waals surface area (Å²) in [6.07, 6.45) is 7.10. The van der Waals surface area contributed by atoms with E-state index < -0.39 is 0 Å². The third-order valence-electron chi connectivity index (χ3n) is 5.59. The van der Waals surface area contributed by atoms with Crippen LogP contribution >= 0.6 is 0 Å². The van der Waals surface area contributed by atoms with Crippen molar-refractivity contribution in [1.29, 1.82) is 0 Å². The van der Waals surface area contributed by atoms with Gasteiger partial charge in [-0.1, -0.05) is 0 Å². The number of hydrogen-bond acceptors (Lipinski definition) is 4. The average molecular weight is 339 g/mol. The summed E-state index contributed by atoms with van der Waals surface area (Å²) in [5.74, 6) is 0.878. The first-order valence-electron chi connectivity index (χ1n) is 8.63. The molecule has 0 saturated carbocycles. The molecule has 0 radical (unpaired) electrons. The normalized spacial score (nSPS) is 22.2. The number of amides is 2. The highest BCUT2D eigenvalue weighted by molar-refractivity contribution is 5.95. The van der Waals surface area contributed by atoms with Gasteiger partial charge in [-0.25, -0.2) is 0 Å². The topological polar surface area (TPSA) is 75.4 Å². The molecule has 2 saturated heterocycles. The number of carbonyl (C=O) groups is 2. The lowest BCUT2D eigenvalue weighted by Crippen LogP contribution is -2.54. The average Bonchev–Trinajstić information content (AvgIpc) is 3.19. The maximum Gasteiger partial charge on any atom is 0.257 e. The number of aryl methyl sites for hydroxylation is 1. The first kappa shape index (κ1) is 15.9. The van der Waals surface area contributed by atoms with Crippen molar-refractivity contribution in [1.82, 2.24) is 15.2 Å². The van der Waals surface area contributed by atoms with Crippen molar-refractivity contribution in [2.24, 2.45) is 0 Å². The third kappa shape index (κ3) is 2.71. The maximum absolute atomic E-state index is 12.7. The molecular weight excluding hydrogens is 318 g/mol. The van der Waals surface area contributed by atoms with Gasteiger partial charge in [-0.2, -0.15) is 0 Å². The Bertz CT molecular complexity index is 791. The molecule has 25 heavy (non-hydrogen) atoms. The van der Waals surface area contributed by atoms with Gasteiger partial charge in [0.15, 0.2) is 0 Å². The molecule has 4 heterocycles. The summed E-state index contributed by atoms with van der Waals surface area (Å²) >= 11 is 0. The van der Waals surface area contributed by atoms with Crippen molar-refractivity contribution in [3.8, 4) is 0 Å². The summed E-state index contributed by atoms with van der Waals surface area (Å²) in [7, 11) is 0. The fraction of sp³-hybridized carbons (Fsp3) is 0.421. The van der Waals surface area contributed by atoms with Gasteiger partial charge in [-0.3, -0.25) is 14.6 Å². The molecule has 2 aromatic heterocycles. The van der Waals surface area contributed by atoms with Crippen LogP contribution in [-0.2, 0) is 4.79 Å². The number of carbonyl (C=O) groups excluding carboxylic acids is 2. The van der Waals surface area contributed by atoms with E-state index in [1.54, 1.807) is 31.6 Å². The Morgan fingerprint density at radius 1 is 1.28 bits per heavy atom. The van der Waals surface area contributed by atoms with Crippen LogP contribution < -0.4 is 5.32 Å². The molecule has 130 valence electrons. The lowest BCUT2D eigenvalue weighted by molar-refractivity contribution is -0.120. The molecule has 0 aromatic carbocycles. The van der Waals surface area contributed by atoms with Gasteiger partial charge in [0.25, 0.3) is 5.91 Å². The Hall–Kier alpha value is -2.63. The summed E-state index contributed by atoms with van der Waals surface area (Å²) in [6.45, 7) is 3.06. The van der Waals surface area contributed by atoms with Gasteiger partial charge in [0, 0.05) is 37.8 Å². The molecule has 2 aliphatic heterocycles. The van der Waals surface area contributed by atoms with Crippen LogP contribution in [-0.4, -0.2) is 40.3 Å². The molecule has 1 atom stereocenters. The quantitative estimate of drug-likeness (QED) is 0.911. The molecule has 6 heteroatoms. The SMILES string of the molecule is Cc1occc1C(=O)N1CCC2(CC1)NC(=O)C[C@H]2c1ccncc1. The first-order chi connectivity index (χ1) is 12.1. The predicted molar refractivity (Wildman–Crippen MR) is 91.1 cm³/mol. The van der Waals surface area contributed by atoms with E-state index in [0.29, 0.717) is 30.8 Å². The molecular formula is C19H21N3O3. The van der Waals surface area contributed by atoms with E-state index in [2.05, 4.69) is 10.3 Å². The van der Waals surface area contributed by atoms with E-state index >= 15 is 0 Å². The van der Waals surface area contributed by atoms with Crippen LogP contribution in [0.4, 0.5) is 0 Å². The molecule has 0 bridgehead atoms. The smallest absolute Gasteiger partial charge is 0.257 e. The number of aromatic nitrogens is 1. The van der Waals surface area contributed by atoms with Crippen molar-refractivity contribution in [3.05, 3.63) is 53.7 Å². The van der Waals surface area contributed by atoms with Crippen LogP contribution in [0.5, 0.6) is 0 Å². The molecule has 0 unspecified atom stereocenters. The zero-order valence-corrected chi connectivity index (χ0v) is 14.2. The van der Waals surface area contributed by atoms with Gasteiger partial charge in [-0.15, -0.1) is 0 Å². The summed E-state index contributed by atoms with van der Waals surface area (Å²) in [5, 5.41) is 3.21. The number of hydrogen-bond donors (Lipinski definition) is 1. The fourth-order valence-electron chi connectivity index (χ4n) is 4.19. The van der Waals surface area contributed by atoms with E-state index in [4.69, 9.17) is 4.42 Å². The zero-order valence-electron chi connectivity index (χ0n) is 14.2. The fourth-order valence-corrected chi connectivity index (χ4v) is 4.19. The molecule has 0 aliphatic carbocycles. The van der Waals surface area contributed by atoms with Crippen LogP contribution in [0.2, 0.25) is 0 Å². The van der Waals surface area contributed by atoms with E-state index in [9.17, 15) is 9.59 Å². The van der Waals surface area contributed by atoms with Gasteiger partial charge in [0.05, 0.1) is 17.4 Å². The summed E-state index contributed by atoms with van der Waals surface area (Å²) in [4.78, 5) is 30.7. The standard InChI is InChI=1S/C19H21N3O3/c1-13-15(4-11-25-13)18(24)22-9-5-19(6-10-22)16(12-17(23)21-19)14-2-7-20-8-3-14/h2-4,7-8,11,16H,5-6,9-10,12H2,1H3,(H,21,23)/t16-/m0/s1. The van der Waals surface area contributed by atoms with E-state index in [0.717, 1.165) is 18.4 Å². The monoisotopic (exact) mass is 339 g/mol. The molecule has 2 fully saturated rings. The Balaban J connectivity index is 1.52. The molecule has 6 nitrogen and oxygen atoms in total. The minimum absolute atomic E-state index is 0.00545. The lowest BCUT2D eigenvalue weighted by atomic mass is 9.74. The number of pyridine rings is 1. The van der Waals surface area contributed by atoms with E-state index in [-0.39, 0.29) is 23.3 Å². The highest BCUT2D eigenvalue weighted by Crippen LogP contribution is 2.43. The maximum atomic E-state index is 12.7. The third-order valence-corrected chi connectivity index (χ3v) is 5.59. The molecule has 1 spiro atoms. The van der Waals surface area contributed by atoms with Gasteiger partial charge in [0.1, 0.15) is 5.76 Å². The number of nitrogens with one attached hydrogen (secondary N) is 1. The van der Waals surface area contributed by atoms with Gasteiger partial charge in [0.2, 0.25) is 5.91 Å². The minimum atomic E-state index is -0.263. The Morgan fingerprint density at radius 3 is 2.64 bits per heavy atom. The Labute approximate surface area is 146 Å². The van der Waals surface area contributed by atoms with Crippen molar-refractivity contribution < 1.29 is 14.0 Å². The van der Waals surface area contributed by atoms with Gasteiger partial charge >= 0.3 is 0 Å². The molecule has 2 aromatic rings. The van der Waals surface area contributed by atoms with Crippen molar-refractivity contribution in [2.45, 2.75) is 37.6 Å². The van der Waals surface area contributed by atoms with Crippen molar-refractivity contribution in [2.75, 3.05) is 13.1 Å². The summed E-state index contributed by atoms with van der Waals surface area (Å²) in [6, 6.07) is 5.69. The highest BCUT2D eigenvalue weighted by Gasteiger charge is 2.49. The number of furan rings is 1. The van der Waals surface area contributed by atoms with E-state index in [1.807, 2.05) is 17.0 Å². The van der Waals surface area contributed by atoms with Crippen molar-refractivity contribution in [3.63, 3.8) is 0 Å². The van der Waals surface area contributed by atoms with Gasteiger partial charge < -0.3 is 14.6 Å². The largest absolute Gasteiger partial charge is 0.469 e. The zero-order chi connectivity index (χ0) is 17.4. The molecule has 4 rings (SSSR count). The minimum Gasteiger partial charge on any atom is -0.469 e. The van der Waals surface area contributed by atoms with Crippen LogP contribution in [0.15, 0.2) is 41.3 Å². The number of piperidine rings is 1. The Morgan fingerprint density at radius 2 is 2.00 bits per heavy atom. The highest BCUT2D eigenvalue weighted by atomic mass is 16.3. The second kappa shape index (κ2) is 6.02. The number of rotatable bonds is 2. The summed E-state index contributed by atoms with van der Waals surface area (Å²) < 4.78 is 5.25. The Kier molecular flexibility index (Phi) is 3.82. The summed E-state index contributed by atoms with van der Waals surface area (Å²) in [5.41, 5.74) is 1.50. The second-order valence-corrected chi connectivity index (χ2v) is 6.92. The second-order valence-electron chi connectivity index (χ2n) is 6.92. The van der Waals surface area contributed by atoms with Crippen molar-refractivity contribution >= 4 is 11.8 Å². The molecule has 2 amide bonds. The van der Waals surface area contributed by atoms with Crippen LogP contribution in [0, 0.1) is 6.92 Å². The van der Waals surface area contributed by atoms with Gasteiger partial charge in [-0.05, 0) is 43.5 Å². The van der Waals surface area contributed by atoms with Crippen LogP contribution in [0.3, 0.4) is 0 Å². The predicted octanol–water partition coefficient (Wildman–Crippen LogP) is 2.26. The number of nitrogens with zero attached hydrogens (tertiary/aromatic N) is 2. The van der Waals surface area contributed by atoms with E-state index in [1.165, 1.54) is 0 Å². The molecule has 2 aliphatic rings. The van der Waals surface area contributed by atoms with Crippen LogP contribution in [0.1, 0.15) is 46.9 Å². The number of likely N-dealkylation sites (tertiary alicyclic amines) is 1. The molecule has 1 N–H and O–H groups in total.